The molecule has 2 heterocycles. The molecule has 5 heteroatoms. The van der Waals surface area contributed by atoms with Crippen LogP contribution in [0, 0.1) is 5.82 Å². The first-order chi connectivity index (χ1) is 10.2. The maximum absolute atomic E-state index is 13.0. The van der Waals surface area contributed by atoms with Gasteiger partial charge in [-0.1, -0.05) is 6.92 Å². The van der Waals surface area contributed by atoms with Gasteiger partial charge in [-0.25, -0.2) is 4.39 Å². The molecule has 1 saturated heterocycles. The maximum atomic E-state index is 13.0. The summed E-state index contributed by atoms with van der Waals surface area (Å²) in [5.41, 5.74) is 0.906. The Morgan fingerprint density at radius 2 is 2.38 bits per heavy atom. The van der Waals surface area contributed by atoms with Crippen molar-refractivity contribution < 1.29 is 9.13 Å². The normalized spacial score (nSPS) is 20.1. The van der Waals surface area contributed by atoms with Crippen LogP contribution in [0.5, 0.6) is 0 Å². The van der Waals surface area contributed by atoms with E-state index in [1.54, 1.807) is 6.07 Å². The van der Waals surface area contributed by atoms with Gasteiger partial charge in [-0.05, 0) is 51.5 Å². The summed E-state index contributed by atoms with van der Waals surface area (Å²) >= 11 is 0. The number of pyridine rings is 1. The second kappa shape index (κ2) is 8.41. The highest BCUT2D eigenvalue weighted by molar-refractivity contribution is 5.09. The van der Waals surface area contributed by atoms with E-state index in [2.05, 4.69) is 29.2 Å². The molecule has 118 valence electrons. The number of rotatable bonds is 8. The average molecular weight is 295 g/mol. The predicted octanol–water partition coefficient (Wildman–Crippen LogP) is 2.37. The molecule has 2 rings (SSSR count). The minimum Gasteiger partial charge on any atom is -0.377 e. The number of ether oxygens (including phenoxy) is 1. The summed E-state index contributed by atoms with van der Waals surface area (Å²) in [6.45, 7) is 5.80. The van der Waals surface area contributed by atoms with Gasteiger partial charge in [0.1, 0.15) is 5.82 Å². The third kappa shape index (κ3) is 5.34. The number of hydrogen-bond donors (Lipinski definition) is 1. The van der Waals surface area contributed by atoms with Crippen LogP contribution in [0.25, 0.3) is 0 Å². The molecule has 21 heavy (non-hydrogen) atoms. The van der Waals surface area contributed by atoms with Crippen molar-refractivity contribution in [2.45, 2.75) is 38.3 Å². The molecule has 0 saturated carbocycles. The van der Waals surface area contributed by atoms with Gasteiger partial charge in [0.05, 0.1) is 24.0 Å². The van der Waals surface area contributed by atoms with Crippen molar-refractivity contribution in [1.29, 1.82) is 0 Å². The standard InChI is InChI=1S/C16H26FN3O/c1-3-18-16(15-7-6-13(17)11-19-15)8-9-20(2)12-14-5-4-10-21-14/h6-7,11,14,16,18H,3-5,8-10,12H2,1-2H3. The summed E-state index contributed by atoms with van der Waals surface area (Å²) in [4.78, 5) is 6.51. The number of likely N-dealkylation sites (N-methyl/N-ethyl adjacent to an activating group) is 1. The van der Waals surface area contributed by atoms with Crippen LogP contribution in [0.15, 0.2) is 18.3 Å². The van der Waals surface area contributed by atoms with Crippen molar-refractivity contribution >= 4 is 0 Å². The van der Waals surface area contributed by atoms with Crippen LogP contribution in [0.1, 0.15) is 37.9 Å². The summed E-state index contributed by atoms with van der Waals surface area (Å²) in [7, 11) is 2.13. The Kier molecular flexibility index (Phi) is 6.54. The molecule has 1 fully saturated rings. The maximum Gasteiger partial charge on any atom is 0.141 e. The number of nitrogens with zero attached hydrogens (tertiary/aromatic N) is 2. The van der Waals surface area contributed by atoms with E-state index < -0.39 is 0 Å². The van der Waals surface area contributed by atoms with Crippen LogP contribution in [0.2, 0.25) is 0 Å². The first kappa shape index (κ1) is 16.3. The van der Waals surface area contributed by atoms with Gasteiger partial charge in [0.15, 0.2) is 0 Å². The lowest BCUT2D eigenvalue weighted by Gasteiger charge is -2.24. The van der Waals surface area contributed by atoms with Gasteiger partial charge in [0, 0.05) is 13.2 Å². The minimum atomic E-state index is -0.288. The Morgan fingerprint density at radius 3 is 3.00 bits per heavy atom. The van der Waals surface area contributed by atoms with Crippen LogP contribution in [0.3, 0.4) is 0 Å². The lowest BCUT2D eigenvalue weighted by molar-refractivity contribution is 0.0800. The van der Waals surface area contributed by atoms with E-state index >= 15 is 0 Å². The predicted molar refractivity (Wildman–Crippen MR) is 81.7 cm³/mol. The number of aromatic nitrogens is 1. The largest absolute Gasteiger partial charge is 0.377 e. The van der Waals surface area contributed by atoms with E-state index in [1.165, 1.54) is 25.1 Å². The van der Waals surface area contributed by atoms with Crippen LogP contribution < -0.4 is 5.32 Å². The smallest absolute Gasteiger partial charge is 0.141 e. The van der Waals surface area contributed by atoms with Crippen LogP contribution in [-0.4, -0.2) is 49.3 Å². The minimum absolute atomic E-state index is 0.169. The van der Waals surface area contributed by atoms with Gasteiger partial charge in [0.2, 0.25) is 0 Å². The Balaban J connectivity index is 1.82. The zero-order valence-electron chi connectivity index (χ0n) is 13.0. The molecule has 2 unspecified atom stereocenters. The number of halogens is 1. The SMILES string of the molecule is CCNC(CCN(C)CC1CCCO1)c1ccc(F)cn1. The molecule has 0 aromatic carbocycles. The fraction of sp³-hybridized carbons (Fsp3) is 0.688. The van der Waals surface area contributed by atoms with Crippen molar-refractivity contribution in [2.75, 3.05) is 33.3 Å². The molecule has 1 N–H and O–H groups in total. The number of hydrogen-bond acceptors (Lipinski definition) is 4. The molecule has 1 aliphatic rings. The summed E-state index contributed by atoms with van der Waals surface area (Å²) in [5.74, 6) is -0.288. The van der Waals surface area contributed by atoms with E-state index in [0.717, 1.165) is 38.4 Å². The van der Waals surface area contributed by atoms with Crippen molar-refractivity contribution in [3.8, 4) is 0 Å². The second-order valence-electron chi connectivity index (χ2n) is 5.70. The molecule has 0 aliphatic carbocycles. The highest BCUT2D eigenvalue weighted by atomic mass is 19.1. The molecule has 2 atom stereocenters. The highest BCUT2D eigenvalue weighted by Gasteiger charge is 2.18. The lowest BCUT2D eigenvalue weighted by atomic mass is 10.1. The molecule has 0 amide bonds. The van der Waals surface area contributed by atoms with Gasteiger partial charge in [-0.3, -0.25) is 4.98 Å². The topological polar surface area (TPSA) is 37.4 Å². The van der Waals surface area contributed by atoms with Crippen LogP contribution in [0.4, 0.5) is 4.39 Å². The Morgan fingerprint density at radius 1 is 1.52 bits per heavy atom. The van der Waals surface area contributed by atoms with E-state index in [1.807, 2.05) is 0 Å². The third-order valence-corrected chi connectivity index (χ3v) is 3.90. The summed E-state index contributed by atoms with van der Waals surface area (Å²) in [6.07, 6.45) is 4.97. The molecule has 0 spiro atoms. The second-order valence-corrected chi connectivity index (χ2v) is 5.70. The monoisotopic (exact) mass is 295 g/mol. The van der Waals surface area contributed by atoms with Gasteiger partial charge in [0.25, 0.3) is 0 Å². The first-order valence-electron chi connectivity index (χ1n) is 7.84. The Bertz CT molecular complexity index is 406. The average Bonchev–Trinajstić information content (AvgIpc) is 2.97. The molecular formula is C16H26FN3O. The summed E-state index contributed by atoms with van der Waals surface area (Å²) in [5, 5.41) is 3.42. The van der Waals surface area contributed by atoms with Crippen LogP contribution in [-0.2, 0) is 4.74 Å². The van der Waals surface area contributed by atoms with Gasteiger partial charge < -0.3 is 15.0 Å². The van der Waals surface area contributed by atoms with E-state index in [0.29, 0.717) is 6.10 Å². The fourth-order valence-electron chi connectivity index (χ4n) is 2.77. The molecule has 4 nitrogen and oxygen atoms in total. The summed E-state index contributed by atoms with van der Waals surface area (Å²) in [6, 6.07) is 3.41. The van der Waals surface area contributed by atoms with E-state index in [-0.39, 0.29) is 11.9 Å². The zero-order chi connectivity index (χ0) is 15.1. The molecule has 0 bridgehead atoms. The van der Waals surface area contributed by atoms with Crippen molar-refractivity contribution in [3.05, 3.63) is 29.8 Å². The molecule has 1 aromatic heterocycles. The lowest BCUT2D eigenvalue weighted by Crippen LogP contribution is -2.32. The Hall–Kier alpha value is -1.04. The molecular weight excluding hydrogens is 269 g/mol. The van der Waals surface area contributed by atoms with E-state index in [9.17, 15) is 4.39 Å². The third-order valence-electron chi connectivity index (χ3n) is 3.90. The van der Waals surface area contributed by atoms with Crippen molar-refractivity contribution in [2.24, 2.45) is 0 Å². The van der Waals surface area contributed by atoms with Crippen molar-refractivity contribution in [3.63, 3.8) is 0 Å². The quantitative estimate of drug-likeness (QED) is 0.799. The van der Waals surface area contributed by atoms with Gasteiger partial charge >= 0.3 is 0 Å². The van der Waals surface area contributed by atoms with Crippen LogP contribution >= 0.6 is 0 Å². The molecule has 1 aliphatic heterocycles. The fourth-order valence-corrected chi connectivity index (χ4v) is 2.77. The first-order valence-corrected chi connectivity index (χ1v) is 7.84. The molecule has 0 radical (unpaired) electrons. The van der Waals surface area contributed by atoms with E-state index in [4.69, 9.17) is 4.74 Å². The van der Waals surface area contributed by atoms with Gasteiger partial charge in [-0.15, -0.1) is 0 Å². The summed E-state index contributed by atoms with van der Waals surface area (Å²) < 4.78 is 18.6. The Labute approximate surface area is 126 Å². The van der Waals surface area contributed by atoms with Gasteiger partial charge in [-0.2, -0.15) is 0 Å². The highest BCUT2D eigenvalue weighted by Crippen LogP contribution is 2.17. The van der Waals surface area contributed by atoms with Crippen molar-refractivity contribution in [1.82, 2.24) is 15.2 Å². The zero-order valence-corrected chi connectivity index (χ0v) is 13.0. The molecule has 1 aromatic rings. The number of nitrogens with one attached hydrogen (secondary N) is 1.